The van der Waals surface area contributed by atoms with Crippen LogP contribution in [0.25, 0.3) is 0 Å². The first-order valence-electron chi connectivity index (χ1n) is 9.13. The van der Waals surface area contributed by atoms with Crippen LogP contribution in [0, 0.1) is 0 Å². The van der Waals surface area contributed by atoms with Gasteiger partial charge in [-0.05, 0) is 49.6 Å². The minimum atomic E-state index is -0.198. The molecule has 3 rings (SSSR count). The minimum absolute atomic E-state index is 0.0737. The molecule has 0 aromatic heterocycles. The Hall–Kier alpha value is -2.53. The van der Waals surface area contributed by atoms with Crippen LogP contribution in [0.2, 0.25) is 0 Å². The molecule has 26 heavy (non-hydrogen) atoms. The lowest BCUT2D eigenvalue weighted by atomic mass is 9.74. The number of nitrogens with one attached hydrogen (secondary N) is 2. The Labute approximate surface area is 154 Å². The average Bonchev–Trinajstić information content (AvgIpc) is 2.70. The molecule has 0 unspecified atom stereocenters. The number of anilines is 1. The Morgan fingerprint density at radius 1 is 1.08 bits per heavy atom. The Balaban J connectivity index is 1.61. The predicted molar refractivity (Wildman–Crippen MR) is 103 cm³/mol. The Morgan fingerprint density at radius 3 is 2.42 bits per heavy atom. The number of benzene rings is 2. The van der Waals surface area contributed by atoms with E-state index in [1.807, 2.05) is 49.4 Å². The number of carbonyl (C=O) groups excluding carboxylic acids is 1. The van der Waals surface area contributed by atoms with Gasteiger partial charge in [-0.15, -0.1) is 0 Å². The molecule has 2 amide bonds. The fourth-order valence-corrected chi connectivity index (χ4v) is 3.35. The van der Waals surface area contributed by atoms with Gasteiger partial charge in [0.1, 0.15) is 5.75 Å². The summed E-state index contributed by atoms with van der Waals surface area (Å²) >= 11 is 0. The zero-order valence-corrected chi connectivity index (χ0v) is 15.2. The summed E-state index contributed by atoms with van der Waals surface area (Å²) in [6.07, 6.45) is 1.81. The number of urea groups is 1. The second-order valence-corrected chi connectivity index (χ2v) is 6.52. The molecule has 1 fully saturated rings. The summed E-state index contributed by atoms with van der Waals surface area (Å²) in [5.74, 6) is 0.795. The van der Waals surface area contributed by atoms with E-state index in [-0.39, 0.29) is 11.4 Å². The van der Waals surface area contributed by atoms with E-state index >= 15 is 0 Å². The van der Waals surface area contributed by atoms with Crippen molar-refractivity contribution in [3.05, 3.63) is 60.2 Å². The summed E-state index contributed by atoms with van der Waals surface area (Å²) in [6.45, 7) is 4.59. The summed E-state index contributed by atoms with van der Waals surface area (Å²) < 4.78 is 11.0. The third-order valence-corrected chi connectivity index (χ3v) is 4.85. The zero-order chi connectivity index (χ0) is 18.2. The maximum Gasteiger partial charge on any atom is 0.319 e. The van der Waals surface area contributed by atoms with Crippen molar-refractivity contribution in [2.45, 2.75) is 25.2 Å². The standard InChI is InChI=1S/C21H26N2O3/c1-2-26-19-10-8-18(9-11-19)23-20(24)22-16-21(12-14-25-15-13-21)17-6-4-3-5-7-17/h3-11H,2,12-16H2,1H3,(H2,22,23,24). The molecule has 138 valence electrons. The molecular formula is C21H26N2O3. The van der Waals surface area contributed by atoms with Gasteiger partial charge >= 0.3 is 6.03 Å². The van der Waals surface area contributed by atoms with Crippen LogP contribution >= 0.6 is 0 Å². The second-order valence-electron chi connectivity index (χ2n) is 6.52. The van der Waals surface area contributed by atoms with E-state index in [1.54, 1.807) is 0 Å². The van der Waals surface area contributed by atoms with Crippen LogP contribution in [0.5, 0.6) is 5.75 Å². The highest BCUT2D eigenvalue weighted by atomic mass is 16.5. The van der Waals surface area contributed by atoms with Gasteiger partial charge in [0.15, 0.2) is 0 Å². The summed E-state index contributed by atoms with van der Waals surface area (Å²) in [7, 11) is 0. The lowest BCUT2D eigenvalue weighted by Gasteiger charge is -2.38. The van der Waals surface area contributed by atoms with Crippen molar-refractivity contribution in [2.24, 2.45) is 0 Å². The minimum Gasteiger partial charge on any atom is -0.494 e. The van der Waals surface area contributed by atoms with Crippen LogP contribution in [0.3, 0.4) is 0 Å². The third-order valence-electron chi connectivity index (χ3n) is 4.85. The fourth-order valence-electron chi connectivity index (χ4n) is 3.35. The van der Waals surface area contributed by atoms with Crippen molar-refractivity contribution in [3.8, 4) is 5.75 Å². The molecule has 1 aliphatic rings. The van der Waals surface area contributed by atoms with Crippen molar-refractivity contribution in [3.63, 3.8) is 0 Å². The van der Waals surface area contributed by atoms with Gasteiger partial charge < -0.3 is 20.1 Å². The lowest BCUT2D eigenvalue weighted by molar-refractivity contribution is 0.0508. The van der Waals surface area contributed by atoms with E-state index in [9.17, 15) is 4.79 Å². The van der Waals surface area contributed by atoms with Crippen molar-refractivity contribution in [1.29, 1.82) is 0 Å². The van der Waals surface area contributed by atoms with Crippen molar-refractivity contribution in [1.82, 2.24) is 5.32 Å². The molecule has 1 saturated heterocycles. The first-order chi connectivity index (χ1) is 12.7. The van der Waals surface area contributed by atoms with E-state index in [1.165, 1.54) is 5.56 Å². The van der Waals surface area contributed by atoms with Gasteiger partial charge in [-0.2, -0.15) is 0 Å². The zero-order valence-electron chi connectivity index (χ0n) is 15.2. The first kappa shape index (κ1) is 18.3. The highest BCUT2D eigenvalue weighted by Gasteiger charge is 2.34. The Kier molecular flexibility index (Phi) is 6.12. The quantitative estimate of drug-likeness (QED) is 0.826. The molecule has 0 bridgehead atoms. The van der Waals surface area contributed by atoms with Gasteiger partial charge in [0.2, 0.25) is 0 Å². The van der Waals surface area contributed by atoms with Crippen LogP contribution in [0.4, 0.5) is 10.5 Å². The van der Waals surface area contributed by atoms with Gasteiger partial charge in [0.05, 0.1) is 6.61 Å². The molecular weight excluding hydrogens is 328 g/mol. The van der Waals surface area contributed by atoms with E-state index in [0.29, 0.717) is 13.2 Å². The Morgan fingerprint density at radius 2 is 1.77 bits per heavy atom. The maximum absolute atomic E-state index is 12.4. The number of amides is 2. The van der Waals surface area contributed by atoms with Crippen LogP contribution in [0.1, 0.15) is 25.3 Å². The van der Waals surface area contributed by atoms with Crippen LogP contribution in [0.15, 0.2) is 54.6 Å². The fraction of sp³-hybridized carbons (Fsp3) is 0.381. The molecule has 0 atom stereocenters. The summed E-state index contributed by atoms with van der Waals surface area (Å²) in [5, 5.41) is 5.93. The summed E-state index contributed by atoms with van der Waals surface area (Å²) in [4.78, 5) is 12.4. The van der Waals surface area contributed by atoms with Gasteiger partial charge in [0, 0.05) is 30.9 Å². The number of carbonyl (C=O) groups is 1. The third kappa shape index (κ3) is 4.55. The number of hydrogen-bond donors (Lipinski definition) is 2. The predicted octanol–water partition coefficient (Wildman–Crippen LogP) is 3.96. The SMILES string of the molecule is CCOc1ccc(NC(=O)NCC2(c3ccccc3)CCOCC2)cc1. The lowest BCUT2D eigenvalue weighted by Crippen LogP contribution is -2.45. The molecule has 1 aliphatic heterocycles. The molecule has 5 nitrogen and oxygen atoms in total. The van der Waals surface area contributed by atoms with E-state index < -0.39 is 0 Å². The summed E-state index contributed by atoms with van der Waals surface area (Å²) in [6, 6.07) is 17.6. The highest BCUT2D eigenvalue weighted by Crippen LogP contribution is 2.34. The van der Waals surface area contributed by atoms with Crippen LogP contribution < -0.4 is 15.4 Å². The monoisotopic (exact) mass is 354 g/mol. The molecule has 0 spiro atoms. The van der Waals surface area contributed by atoms with Crippen molar-refractivity contribution < 1.29 is 14.3 Å². The molecule has 0 saturated carbocycles. The molecule has 2 aromatic carbocycles. The molecule has 0 aliphatic carbocycles. The largest absolute Gasteiger partial charge is 0.494 e. The number of rotatable bonds is 6. The average molecular weight is 354 g/mol. The molecule has 2 N–H and O–H groups in total. The molecule has 1 heterocycles. The highest BCUT2D eigenvalue weighted by molar-refractivity contribution is 5.89. The van der Waals surface area contributed by atoms with E-state index in [2.05, 4.69) is 22.8 Å². The van der Waals surface area contributed by atoms with E-state index in [4.69, 9.17) is 9.47 Å². The maximum atomic E-state index is 12.4. The molecule has 2 aromatic rings. The first-order valence-corrected chi connectivity index (χ1v) is 9.13. The summed E-state index contributed by atoms with van der Waals surface area (Å²) in [5.41, 5.74) is 1.92. The topological polar surface area (TPSA) is 59.6 Å². The Bertz CT molecular complexity index is 695. The van der Waals surface area contributed by atoms with Gasteiger partial charge in [-0.3, -0.25) is 0 Å². The second kappa shape index (κ2) is 8.72. The van der Waals surface area contributed by atoms with Crippen molar-refractivity contribution in [2.75, 3.05) is 31.7 Å². The van der Waals surface area contributed by atoms with Gasteiger partial charge in [-0.25, -0.2) is 4.79 Å². The van der Waals surface area contributed by atoms with Crippen molar-refractivity contribution >= 4 is 11.7 Å². The number of hydrogen-bond acceptors (Lipinski definition) is 3. The van der Waals surface area contributed by atoms with E-state index in [0.717, 1.165) is 37.5 Å². The van der Waals surface area contributed by atoms with Crippen LogP contribution in [-0.4, -0.2) is 32.4 Å². The van der Waals surface area contributed by atoms with Crippen LogP contribution in [-0.2, 0) is 10.2 Å². The molecule has 0 radical (unpaired) electrons. The normalized spacial score (nSPS) is 15.9. The number of ether oxygens (including phenoxy) is 2. The smallest absolute Gasteiger partial charge is 0.319 e. The molecule has 5 heteroatoms. The van der Waals surface area contributed by atoms with Gasteiger partial charge in [0.25, 0.3) is 0 Å². The van der Waals surface area contributed by atoms with Gasteiger partial charge in [-0.1, -0.05) is 30.3 Å².